The first-order valence-corrected chi connectivity index (χ1v) is 6.55. The summed E-state index contributed by atoms with van der Waals surface area (Å²) >= 11 is 1.17. The molecule has 0 saturated heterocycles. The lowest BCUT2D eigenvalue weighted by Crippen LogP contribution is -1.99. The summed E-state index contributed by atoms with van der Waals surface area (Å²) < 4.78 is 4.65. The second-order valence-electron chi connectivity index (χ2n) is 3.89. The zero-order valence-electron chi connectivity index (χ0n) is 11.0. The summed E-state index contributed by atoms with van der Waals surface area (Å²) in [5.41, 5.74) is 4.08. The number of methoxy groups -OCH3 is 1. The first-order valence-electron chi connectivity index (χ1n) is 5.74. The van der Waals surface area contributed by atoms with E-state index in [4.69, 9.17) is 0 Å². The van der Waals surface area contributed by atoms with Gasteiger partial charge in [-0.25, -0.2) is 9.78 Å². The SMILES string of the molecule is COC(=O)c1sc(N/N=C/c2cccc(O)c2)nc1C. The highest BCUT2D eigenvalue weighted by molar-refractivity contribution is 7.17. The number of nitrogens with zero attached hydrogens (tertiary/aromatic N) is 2. The zero-order valence-corrected chi connectivity index (χ0v) is 11.8. The van der Waals surface area contributed by atoms with Crippen LogP contribution in [0.2, 0.25) is 0 Å². The van der Waals surface area contributed by atoms with E-state index in [1.54, 1.807) is 37.4 Å². The molecule has 1 aromatic heterocycles. The Labute approximate surface area is 119 Å². The third-order valence-corrected chi connectivity index (χ3v) is 3.45. The van der Waals surface area contributed by atoms with Crippen LogP contribution in [0.1, 0.15) is 20.9 Å². The smallest absolute Gasteiger partial charge is 0.350 e. The largest absolute Gasteiger partial charge is 0.508 e. The minimum atomic E-state index is -0.412. The molecule has 0 spiro atoms. The lowest BCUT2D eigenvalue weighted by Gasteiger charge is -1.95. The lowest BCUT2D eigenvalue weighted by molar-refractivity contribution is 0.0605. The molecule has 2 N–H and O–H groups in total. The number of hydrazone groups is 1. The summed E-state index contributed by atoms with van der Waals surface area (Å²) in [6, 6.07) is 6.69. The fourth-order valence-corrected chi connectivity index (χ4v) is 2.33. The van der Waals surface area contributed by atoms with E-state index >= 15 is 0 Å². The van der Waals surface area contributed by atoms with Crippen molar-refractivity contribution in [3.63, 3.8) is 0 Å². The van der Waals surface area contributed by atoms with Crippen LogP contribution in [0.15, 0.2) is 29.4 Å². The van der Waals surface area contributed by atoms with E-state index < -0.39 is 5.97 Å². The van der Waals surface area contributed by atoms with E-state index in [0.717, 1.165) is 5.56 Å². The number of rotatable bonds is 4. The summed E-state index contributed by atoms with van der Waals surface area (Å²) in [7, 11) is 1.33. The number of anilines is 1. The molecule has 2 rings (SSSR count). The molecule has 0 amide bonds. The standard InChI is InChI=1S/C13H13N3O3S/c1-8-11(12(18)19-2)20-13(15-8)16-14-7-9-4-3-5-10(17)6-9/h3-7,17H,1-2H3,(H,15,16)/b14-7+. The number of benzene rings is 1. The van der Waals surface area contributed by atoms with Gasteiger partial charge in [0.05, 0.1) is 19.0 Å². The molecule has 0 unspecified atom stereocenters. The Hall–Kier alpha value is -2.41. The molecule has 1 heterocycles. The molecule has 0 aliphatic rings. The van der Waals surface area contributed by atoms with E-state index in [0.29, 0.717) is 15.7 Å². The first kappa shape index (κ1) is 14.0. The van der Waals surface area contributed by atoms with Crippen LogP contribution in [0.5, 0.6) is 5.75 Å². The van der Waals surface area contributed by atoms with Crippen molar-refractivity contribution in [2.75, 3.05) is 12.5 Å². The normalized spacial score (nSPS) is 10.7. The fraction of sp³-hybridized carbons (Fsp3) is 0.154. The molecule has 104 valence electrons. The van der Waals surface area contributed by atoms with Crippen LogP contribution in [-0.2, 0) is 4.74 Å². The van der Waals surface area contributed by atoms with Gasteiger partial charge >= 0.3 is 5.97 Å². The maximum atomic E-state index is 11.4. The highest BCUT2D eigenvalue weighted by Gasteiger charge is 2.15. The number of ether oxygens (including phenoxy) is 1. The summed E-state index contributed by atoms with van der Waals surface area (Å²) in [6.07, 6.45) is 1.55. The van der Waals surface area contributed by atoms with Crippen LogP contribution < -0.4 is 5.43 Å². The predicted molar refractivity (Wildman–Crippen MR) is 77.5 cm³/mol. The number of nitrogens with one attached hydrogen (secondary N) is 1. The van der Waals surface area contributed by atoms with Crippen LogP contribution in [0.4, 0.5) is 5.13 Å². The summed E-state index contributed by atoms with van der Waals surface area (Å²) in [5, 5.41) is 13.8. The Balaban J connectivity index is 2.06. The van der Waals surface area contributed by atoms with Gasteiger partial charge in [-0.2, -0.15) is 5.10 Å². The van der Waals surface area contributed by atoms with Crippen molar-refractivity contribution >= 4 is 28.7 Å². The quantitative estimate of drug-likeness (QED) is 0.513. The van der Waals surface area contributed by atoms with Crippen molar-refractivity contribution in [1.29, 1.82) is 0 Å². The molecule has 0 aliphatic heterocycles. The van der Waals surface area contributed by atoms with Gasteiger partial charge in [-0.1, -0.05) is 23.5 Å². The van der Waals surface area contributed by atoms with E-state index in [1.807, 2.05) is 0 Å². The fourth-order valence-electron chi connectivity index (χ4n) is 1.49. The van der Waals surface area contributed by atoms with Gasteiger partial charge in [0.15, 0.2) is 0 Å². The van der Waals surface area contributed by atoms with Gasteiger partial charge in [-0.3, -0.25) is 5.43 Å². The second kappa shape index (κ2) is 6.16. The number of phenolic OH excluding ortho intramolecular Hbond substituents is 1. The molecule has 7 heteroatoms. The van der Waals surface area contributed by atoms with Crippen molar-refractivity contribution in [2.45, 2.75) is 6.92 Å². The van der Waals surface area contributed by atoms with Crippen LogP contribution in [0, 0.1) is 6.92 Å². The molecule has 6 nitrogen and oxygen atoms in total. The highest BCUT2D eigenvalue weighted by Crippen LogP contribution is 2.23. The summed E-state index contributed by atoms with van der Waals surface area (Å²) in [5.74, 6) is -0.239. The van der Waals surface area contributed by atoms with Crippen LogP contribution in [0.25, 0.3) is 0 Å². The molecule has 0 saturated carbocycles. The molecule has 0 bridgehead atoms. The zero-order chi connectivity index (χ0) is 14.5. The molecule has 0 fully saturated rings. The van der Waals surface area contributed by atoms with Gasteiger partial charge < -0.3 is 9.84 Å². The Kier molecular flexibility index (Phi) is 4.31. The minimum absolute atomic E-state index is 0.173. The number of thiazole rings is 1. The number of phenols is 1. The summed E-state index contributed by atoms with van der Waals surface area (Å²) in [4.78, 5) is 16.1. The Morgan fingerprint density at radius 3 is 3.05 bits per heavy atom. The second-order valence-corrected chi connectivity index (χ2v) is 4.89. The van der Waals surface area contributed by atoms with Gasteiger partial charge in [0.25, 0.3) is 0 Å². The van der Waals surface area contributed by atoms with Crippen molar-refractivity contribution < 1.29 is 14.6 Å². The monoisotopic (exact) mass is 291 g/mol. The molecular weight excluding hydrogens is 278 g/mol. The molecule has 0 aliphatic carbocycles. The van der Waals surface area contributed by atoms with Crippen LogP contribution >= 0.6 is 11.3 Å². The lowest BCUT2D eigenvalue weighted by atomic mass is 10.2. The molecule has 0 atom stereocenters. The molecule has 20 heavy (non-hydrogen) atoms. The Morgan fingerprint density at radius 2 is 2.35 bits per heavy atom. The average Bonchev–Trinajstić information content (AvgIpc) is 2.79. The number of carbonyl (C=O) groups excluding carboxylic acids is 1. The number of hydrogen-bond donors (Lipinski definition) is 2. The number of esters is 1. The third kappa shape index (κ3) is 3.33. The first-order chi connectivity index (χ1) is 9.60. The van der Waals surface area contributed by atoms with E-state index in [-0.39, 0.29) is 5.75 Å². The highest BCUT2D eigenvalue weighted by atomic mass is 32.1. The van der Waals surface area contributed by atoms with Crippen molar-refractivity contribution in [2.24, 2.45) is 5.10 Å². The van der Waals surface area contributed by atoms with E-state index in [2.05, 4.69) is 20.2 Å². The predicted octanol–water partition coefficient (Wildman–Crippen LogP) is 2.39. The Bertz CT molecular complexity index is 652. The van der Waals surface area contributed by atoms with E-state index in [9.17, 15) is 9.90 Å². The maximum absolute atomic E-state index is 11.4. The van der Waals surface area contributed by atoms with Gasteiger partial charge in [-0.15, -0.1) is 0 Å². The molecule has 0 radical (unpaired) electrons. The summed E-state index contributed by atoms with van der Waals surface area (Å²) in [6.45, 7) is 1.73. The topological polar surface area (TPSA) is 83.8 Å². The molecular formula is C13H13N3O3S. The average molecular weight is 291 g/mol. The van der Waals surface area contributed by atoms with Gasteiger partial charge in [0.2, 0.25) is 5.13 Å². The molecule has 1 aromatic carbocycles. The van der Waals surface area contributed by atoms with Crippen molar-refractivity contribution in [3.8, 4) is 5.75 Å². The third-order valence-electron chi connectivity index (χ3n) is 2.41. The maximum Gasteiger partial charge on any atom is 0.350 e. The number of carbonyl (C=O) groups is 1. The minimum Gasteiger partial charge on any atom is -0.508 e. The number of aryl methyl sites for hydroxylation is 1. The van der Waals surface area contributed by atoms with E-state index in [1.165, 1.54) is 18.4 Å². The Morgan fingerprint density at radius 1 is 1.55 bits per heavy atom. The van der Waals surface area contributed by atoms with Gasteiger partial charge in [-0.05, 0) is 24.6 Å². The van der Waals surface area contributed by atoms with Crippen LogP contribution in [0.3, 0.4) is 0 Å². The number of aromatic hydroxyl groups is 1. The number of aromatic nitrogens is 1. The van der Waals surface area contributed by atoms with Crippen molar-refractivity contribution in [3.05, 3.63) is 40.4 Å². The van der Waals surface area contributed by atoms with Crippen LogP contribution in [-0.4, -0.2) is 29.4 Å². The number of hydrogen-bond acceptors (Lipinski definition) is 7. The van der Waals surface area contributed by atoms with Crippen molar-refractivity contribution in [1.82, 2.24) is 4.98 Å². The molecule has 2 aromatic rings. The van der Waals surface area contributed by atoms with Gasteiger partial charge in [0, 0.05) is 0 Å². The van der Waals surface area contributed by atoms with Gasteiger partial charge in [0.1, 0.15) is 10.6 Å².